The molecule has 132 valence electrons. The van der Waals surface area contributed by atoms with Gasteiger partial charge in [0.2, 0.25) is 0 Å². The molecule has 2 N–H and O–H groups in total. The number of benzene rings is 2. The standard InChI is InChI=1S/C18H17N5O2S/c1-13-5-7-14(8-6-13)11-22-12-16(10-19-22)21-18(26)20-15-3-2-4-17(9-15)23(24)25/h2-10,12H,11H2,1H3,(H2,20,21,26). The molecule has 1 aromatic heterocycles. The fraction of sp³-hybridized carbons (Fsp3) is 0.111. The number of rotatable bonds is 5. The summed E-state index contributed by atoms with van der Waals surface area (Å²) in [5, 5.41) is 21.4. The van der Waals surface area contributed by atoms with Crippen molar-refractivity contribution in [1.82, 2.24) is 9.78 Å². The quantitative estimate of drug-likeness (QED) is 0.403. The second-order valence-corrected chi connectivity index (χ2v) is 6.21. The van der Waals surface area contributed by atoms with E-state index < -0.39 is 4.92 Å². The number of aromatic nitrogens is 2. The lowest BCUT2D eigenvalue weighted by molar-refractivity contribution is -0.384. The van der Waals surface area contributed by atoms with Crippen LogP contribution in [0.3, 0.4) is 0 Å². The van der Waals surface area contributed by atoms with E-state index in [1.165, 1.54) is 17.7 Å². The Morgan fingerprint density at radius 2 is 1.92 bits per heavy atom. The maximum atomic E-state index is 10.8. The number of hydrogen-bond acceptors (Lipinski definition) is 4. The third-order valence-electron chi connectivity index (χ3n) is 3.67. The molecule has 3 aromatic rings. The zero-order chi connectivity index (χ0) is 18.5. The molecule has 0 radical (unpaired) electrons. The lowest BCUT2D eigenvalue weighted by Crippen LogP contribution is -2.18. The summed E-state index contributed by atoms with van der Waals surface area (Å²) in [6.07, 6.45) is 3.52. The number of non-ortho nitro benzene ring substituents is 1. The lowest BCUT2D eigenvalue weighted by Gasteiger charge is -2.08. The van der Waals surface area contributed by atoms with E-state index >= 15 is 0 Å². The van der Waals surface area contributed by atoms with Crippen LogP contribution in [0.25, 0.3) is 0 Å². The number of nitro benzene ring substituents is 1. The van der Waals surface area contributed by atoms with Crippen LogP contribution in [0.1, 0.15) is 11.1 Å². The highest BCUT2D eigenvalue weighted by atomic mass is 32.1. The average Bonchev–Trinajstić information content (AvgIpc) is 3.04. The Morgan fingerprint density at radius 3 is 2.65 bits per heavy atom. The summed E-state index contributed by atoms with van der Waals surface area (Å²) >= 11 is 5.25. The normalized spacial score (nSPS) is 10.3. The van der Waals surface area contributed by atoms with Crippen LogP contribution in [-0.4, -0.2) is 19.8 Å². The first-order chi connectivity index (χ1) is 12.5. The van der Waals surface area contributed by atoms with E-state index in [1.807, 2.05) is 10.9 Å². The fourth-order valence-electron chi connectivity index (χ4n) is 2.39. The zero-order valence-corrected chi connectivity index (χ0v) is 14.9. The van der Waals surface area contributed by atoms with Gasteiger partial charge in [0.1, 0.15) is 0 Å². The maximum Gasteiger partial charge on any atom is 0.271 e. The summed E-state index contributed by atoms with van der Waals surface area (Å²) in [6.45, 7) is 2.71. The van der Waals surface area contributed by atoms with Gasteiger partial charge in [0, 0.05) is 24.0 Å². The summed E-state index contributed by atoms with van der Waals surface area (Å²) in [5.41, 5.74) is 3.66. The first kappa shape index (κ1) is 17.6. The van der Waals surface area contributed by atoms with Gasteiger partial charge < -0.3 is 10.6 Å². The van der Waals surface area contributed by atoms with Crippen molar-refractivity contribution in [2.75, 3.05) is 10.6 Å². The van der Waals surface area contributed by atoms with Gasteiger partial charge in [-0.15, -0.1) is 0 Å². The molecule has 0 fully saturated rings. The predicted molar refractivity (Wildman–Crippen MR) is 105 cm³/mol. The van der Waals surface area contributed by atoms with Gasteiger partial charge in [0.15, 0.2) is 5.11 Å². The van der Waals surface area contributed by atoms with Crippen LogP contribution in [0.15, 0.2) is 60.9 Å². The molecule has 8 heteroatoms. The highest BCUT2D eigenvalue weighted by molar-refractivity contribution is 7.80. The minimum Gasteiger partial charge on any atom is -0.332 e. The van der Waals surface area contributed by atoms with Crippen molar-refractivity contribution < 1.29 is 4.92 Å². The van der Waals surface area contributed by atoms with E-state index in [4.69, 9.17) is 12.2 Å². The van der Waals surface area contributed by atoms with Crippen molar-refractivity contribution >= 4 is 34.4 Å². The van der Waals surface area contributed by atoms with E-state index in [9.17, 15) is 10.1 Å². The first-order valence-corrected chi connectivity index (χ1v) is 8.31. The minimum absolute atomic E-state index is 0.00344. The van der Waals surface area contributed by atoms with Crippen LogP contribution in [0.5, 0.6) is 0 Å². The van der Waals surface area contributed by atoms with Gasteiger partial charge >= 0.3 is 0 Å². The maximum absolute atomic E-state index is 10.8. The summed E-state index contributed by atoms with van der Waals surface area (Å²) in [7, 11) is 0. The summed E-state index contributed by atoms with van der Waals surface area (Å²) in [6, 6.07) is 14.4. The van der Waals surface area contributed by atoms with Gasteiger partial charge in [0.25, 0.3) is 5.69 Å². The van der Waals surface area contributed by atoms with Gasteiger partial charge in [0.05, 0.1) is 23.4 Å². The van der Waals surface area contributed by atoms with Crippen LogP contribution in [-0.2, 0) is 6.54 Å². The second-order valence-electron chi connectivity index (χ2n) is 5.80. The molecular formula is C18H17N5O2S. The van der Waals surface area contributed by atoms with Crippen molar-refractivity contribution in [3.63, 3.8) is 0 Å². The van der Waals surface area contributed by atoms with Gasteiger partial charge in [-0.05, 0) is 30.8 Å². The predicted octanol–water partition coefficient (Wildman–Crippen LogP) is 3.96. The zero-order valence-electron chi connectivity index (χ0n) is 14.0. The monoisotopic (exact) mass is 367 g/mol. The highest BCUT2D eigenvalue weighted by Crippen LogP contribution is 2.17. The number of nitrogens with zero attached hydrogens (tertiary/aromatic N) is 3. The van der Waals surface area contributed by atoms with Gasteiger partial charge in [-0.25, -0.2) is 0 Å². The molecule has 0 unspecified atom stereocenters. The van der Waals surface area contributed by atoms with Crippen LogP contribution < -0.4 is 10.6 Å². The van der Waals surface area contributed by atoms with Crippen molar-refractivity contribution in [3.8, 4) is 0 Å². The molecule has 0 saturated heterocycles. The lowest BCUT2D eigenvalue weighted by atomic mass is 10.1. The van der Waals surface area contributed by atoms with E-state index in [0.29, 0.717) is 17.3 Å². The van der Waals surface area contributed by atoms with E-state index in [-0.39, 0.29) is 5.69 Å². The van der Waals surface area contributed by atoms with E-state index in [2.05, 4.69) is 46.9 Å². The summed E-state index contributed by atoms with van der Waals surface area (Å²) < 4.78 is 1.81. The molecule has 3 rings (SSSR count). The number of anilines is 2. The molecule has 0 bridgehead atoms. The van der Waals surface area contributed by atoms with Crippen LogP contribution >= 0.6 is 12.2 Å². The molecule has 0 spiro atoms. The summed E-state index contributed by atoms with van der Waals surface area (Å²) in [4.78, 5) is 10.4. The van der Waals surface area contributed by atoms with Crippen molar-refractivity contribution in [2.45, 2.75) is 13.5 Å². The van der Waals surface area contributed by atoms with Crippen molar-refractivity contribution in [3.05, 3.63) is 82.2 Å². The Labute approximate surface area is 155 Å². The molecule has 0 atom stereocenters. The van der Waals surface area contributed by atoms with Gasteiger partial charge in [-0.3, -0.25) is 14.8 Å². The SMILES string of the molecule is Cc1ccc(Cn2cc(NC(=S)Nc3cccc([N+](=O)[O-])c3)cn2)cc1. The Kier molecular flexibility index (Phi) is 5.23. The Balaban J connectivity index is 1.60. The van der Waals surface area contributed by atoms with Crippen LogP contribution in [0, 0.1) is 17.0 Å². The molecule has 0 amide bonds. The number of aryl methyl sites for hydroxylation is 1. The minimum atomic E-state index is -0.448. The molecule has 0 aliphatic carbocycles. The van der Waals surface area contributed by atoms with E-state index in [1.54, 1.807) is 18.3 Å². The molecule has 0 aliphatic rings. The van der Waals surface area contributed by atoms with Crippen LogP contribution in [0.4, 0.5) is 17.1 Å². The summed E-state index contributed by atoms with van der Waals surface area (Å²) in [5.74, 6) is 0. The van der Waals surface area contributed by atoms with Crippen molar-refractivity contribution in [1.29, 1.82) is 0 Å². The Hall–Kier alpha value is -3.26. The molecule has 1 heterocycles. The number of thiocarbonyl (C=S) groups is 1. The topological polar surface area (TPSA) is 85.0 Å². The molecule has 7 nitrogen and oxygen atoms in total. The highest BCUT2D eigenvalue weighted by Gasteiger charge is 2.07. The largest absolute Gasteiger partial charge is 0.332 e. The number of nitro groups is 1. The molecule has 0 aliphatic heterocycles. The molecule has 0 saturated carbocycles. The molecule has 26 heavy (non-hydrogen) atoms. The number of nitrogens with one attached hydrogen (secondary N) is 2. The first-order valence-electron chi connectivity index (χ1n) is 7.90. The van der Waals surface area contributed by atoms with Crippen LogP contribution in [0.2, 0.25) is 0 Å². The van der Waals surface area contributed by atoms with Gasteiger partial charge in [-0.2, -0.15) is 5.10 Å². The average molecular weight is 367 g/mol. The van der Waals surface area contributed by atoms with Crippen molar-refractivity contribution in [2.24, 2.45) is 0 Å². The third-order valence-corrected chi connectivity index (χ3v) is 3.88. The molecule has 2 aromatic carbocycles. The Bertz CT molecular complexity index is 937. The third kappa shape index (κ3) is 4.64. The van der Waals surface area contributed by atoms with Gasteiger partial charge in [-0.1, -0.05) is 35.9 Å². The van der Waals surface area contributed by atoms with E-state index in [0.717, 1.165) is 11.3 Å². The Morgan fingerprint density at radius 1 is 1.19 bits per heavy atom. The number of hydrogen-bond donors (Lipinski definition) is 2. The smallest absolute Gasteiger partial charge is 0.271 e. The second kappa shape index (κ2) is 7.75. The fourth-order valence-corrected chi connectivity index (χ4v) is 2.62. The molecular weight excluding hydrogens is 350 g/mol.